The summed E-state index contributed by atoms with van der Waals surface area (Å²) in [6, 6.07) is 14.3. The molecule has 0 atom stereocenters. The van der Waals surface area contributed by atoms with Gasteiger partial charge in [0.05, 0.1) is 19.3 Å². The number of para-hydroxylation sites is 2. The Bertz CT molecular complexity index is 986. The second-order valence-corrected chi connectivity index (χ2v) is 6.98. The van der Waals surface area contributed by atoms with Crippen LogP contribution >= 0.6 is 11.3 Å². The first kappa shape index (κ1) is 20.3. The van der Waals surface area contributed by atoms with E-state index < -0.39 is 0 Å². The summed E-state index contributed by atoms with van der Waals surface area (Å²) in [4.78, 5) is 27.8. The van der Waals surface area contributed by atoms with Crippen LogP contribution in [0.15, 0.2) is 53.9 Å². The molecule has 29 heavy (non-hydrogen) atoms. The maximum absolute atomic E-state index is 12.0. The van der Waals surface area contributed by atoms with E-state index in [4.69, 9.17) is 9.47 Å². The lowest BCUT2D eigenvalue weighted by molar-refractivity contribution is -0.123. The lowest BCUT2D eigenvalue weighted by Crippen LogP contribution is -2.28. The van der Waals surface area contributed by atoms with E-state index in [-0.39, 0.29) is 18.3 Å². The van der Waals surface area contributed by atoms with Crippen molar-refractivity contribution in [3.63, 3.8) is 0 Å². The fraction of sp³-hybridized carbons (Fsp3) is 0.190. The van der Waals surface area contributed by atoms with Crippen molar-refractivity contribution in [1.29, 1.82) is 0 Å². The third-order valence-electron chi connectivity index (χ3n) is 3.99. The molecule has 1 amide bonds. The first-order valence-electron chi connectivity index (χ1n) is 8.90. The Hall–Kier alpha value is -3.39. The molecular formula is C21H21N3O4S. The number of aromatic nitrogens is 1. The van der Waals surface area contributed by atoms with Gasteiger partial charge in [-0.25, -0.2) is 4.98 Å². The van der Waals surface area contributed by atoms with Crippen molar-refractivity contribution >= 4 is 33.8 Å². The standard InChI is InChI=1S/C21H21N3O4S/c1-14(25)15-7-9-16(10-8-15)23-21-24-17(13-29-21)11-22-20(26)12-28-19-6-4-3-5-18(19)27-2/h3-10,13H,11-12H2,1-2H3,(H,22,26)(H,23,24). The Kier molecular flexibility index (Phi) is 6.80. The molecule has 0 saturated heterocycles. The van der Waals surface area contributed by atoms with Crippen LogP contribution < -0.4 is 20.1 Å². The molecule has 3 rings (SSSR count). The lowest BCUT2D eigenvalue weighted by Gasteiger charge is -2.10. The number of benzene rings is 2. The first-order valence-corrected chi connectivity index (χ1v) is 9.78. The second-order valence-electron chi connectivity index (χ2n) is 6.12. The van der Waals surface area contributed by atoms with Gasteiger partial charge in [0.25, 0.3) is 5.91 Å². The van der Waals surface area contributed by atoms with Crippen LogP contribution in [0.25, 0.3) is 0 Å². The molecule has 1 heterocycles. The zero-order valence-corrected chi connectivity index (χ0v) is 16.9. The number of ketones is 1. The number of hydrogen-bond donors (Lipinski definition) is 2. The fourth-order valence-corrected chi connectivity index (χ4v) is 3.21. The minimum atomic E-state index is -0.252. The number of nitrogens with zero attached hydrogens (tertiary/aromatic N) is 1. The van der Waals surface area contributed by atoms with Crippen molar-refractivity contribution in [2.75, 3.05) is 19.0 Å². The van der Waals surface area contributed by atoms with Crippen LogP contribution in [0.5, 0.6) is 11.5 Å². The SMILES string of the molecule is COc1ccccc1OCC(=O)NCc1csc(Nc2ccc(C(C)=O)cc2)n1. The molecule has 1 aromatic heterocycles. The van der Waals surface area contributed by atoms with Crippen LogP contribution in [0.2, 0.25) is 0 Å². The van der Waals surface area contributed by atoms with Crippen LogP contribution in [0.4, 0.5) is 10.8 Å². The molecule has 0 bridgehead atoms. The lowest BCUT2D eigenvalue weighted by atomic mass is 10.1. The van der Waals surface area contributed by atoms with Crippen LogP contribution in [0.3, 0.4) is 0 Å². The Labute approximate surface area is 172 Å². The number of anilines is 2. The molecular weight excluding hydrogens is 390 g/mol. The summed E-state index contributed by atoms with van der Waals surface area (Å²) < 4.78 is 10.7. The topological polar surface area (TPSA) is 89.5 Å². The zero-order chi connectivity index (χ0) is 20.6. The minimum absolute atomic E-state index is 0.0264. The highest BCUT2D eigenvalue weighted by molar-refractivity contribution is 7.13. The Balaban J connectivity index is 1.47. The van der Waals surface area contributed by atoms with Crippen molar-refractivity contribution in [2.45, 2.75) is 13.5 Å². The number of methoxy groups -OCH3 is 1. The van der Waals surface area contributed by atoms with E-state index in [0.29, 0.717) is 28.7 Å². The van der Waals surface area contributed by atoms with E-state index in [1.807, 2.05) is 29.6 Å². The average molecular weight is 411 g/mol. The third kappa shape index (κ3) is 5.79. The van der Waals surface area contributed by atoms with E-state index in [1.54, 1.807) is 31.4 Å². The summed E-state index contributed by atoms with van der Waals surface area (Å²) >= 11 is 1.43. The first-order chi connectivity index (χ1) is 14.0. The van der Waals surface area contributed by atoms with E-state index in [1.165, 1.54) is 18.3 Å². The van der Waals surface area contributed by atoms with Gasteiger partial charge in [-0.05, 0) is 43.3 Å². The molecule has 0 fully saturated rings. The quantitative estimate of drug-likeness (QED) is 0.521. The third-order valence-corrected chi connectivity index (χ3v) is 4.80. The maximum Gasteiger partial charge on any atom is 0.258 e. The molecule has 0 saturated carbocycles. The van der Waals surface area contributed by atoms with Gasteiger partial charge in [-0.15, -0.1) is 11.3 Å². The number of rotatable bonds is 9. The number of carbonyl (C=O) groups is 2. The molecule has 3 aromatic rings. The fourth-order valence-electron chi connectivity index (χ4n) is 2.48. The molecule has 0 aliphatic carbocycles. The molecule has 0 unspecified atom stereocenters. The van der Waals surface area contributed by atoms with Gasteiger partial charge < -0.3 is 20.1 Å². The molecule has 0 aliphatic heterocycles. The summed E-state index contributed by atoms with van der Waals surface area (Å²) in [5.41, 5.74) is 2.24. The Morgan fingerprint density at radius 1 is 1.07 bits per heavy atom. The Morgan fingerprint density at radius 3 is 2.48 bits per heavy atom. The molecule has 0 radical (unpaired) electrons. The van der Waals surface area contributed by atoms with Crippen LogP contribution in [-0.2, 0) is 11.3 Å². The van der Waals surface area contributed by atoms with E-state index in [0.717, 1.165) is 11.4 Å². The number of Topliss-reactive ketones (excluding diaryl/α,β-unsaturated/α-hetero) is 1. The molecule has 0 aliphatic rings. The van der Waals surface area contributed by atoms with Gasteiger partial charge in [0.2, 0.25) is 0 Å². The predicted molar refractivity (Wildman–Crippen MR) is 112 cm³/mol. The van der Waals surface area contributed by atoms with Gasteiger partial charge in [-0.2, -0.15) is 0 Å². The van der Waals surface area contributed by atoms with Gasteiger partial charge in [-0.3, -0.25) is 9.59 Å². The Morgan fingerprint density at radius 2 is 1.79 bits per heavy atom. The van der Waals surface area contributed by atoms with Crippen molar-refractivity contribution in [1.82, 2.24) is 10.3 Å². The number of nitrogens with one attached hydrogen (secondary N) is 2. The molecule has 150 valence electrons. The second kappa shape index (κ2) is 9.70. The number of thiazole rings is 1. The van der Waals surface area contributed by atoms with Crippen molar-refractivity contribution in [3.8, 4) is 11.5 Å². The summed E-state index contributed by atoms with van der Waals surface area (Å²) in [6.45, 7) is 1.72. The van der Waals surface area contributed by atoms with Gasteiger partial charge >= 0.3 is 0 Å². The highest BCUT2D eigenvalue weighted by atomic mass is 32.1. The number of amides is 1. The summed E-state index contributed by atoms with van der Waals surface area (Å²) in [5, 5.41) is 8.53. The number of carbonyl (C=O) groups excluding carboxylic acids is 2. The summed E-state index contributed by atoms with van der Waals surface area (Å²) in [7, 11) is 1.55. The van der Waals surface area contributed by atoms with Crippen molar-refractivity contribution < 1.29 is 19.1 Å². The highest BCUT2D eigenvalue weighted by Gasteiger charge is 2.08. The predicted octanol–water partition coefficient (Wildman–Crippen LogP) is 3.79. The normalized spacial score (nSPS) is 10.3. The summed E-state index contributed by atoms with van der Waals surface area (Å²) in [5.74, 6) is 0.865. The largest absolute Gasteiger partial charge is 0.493 e. The molecule has 2 aromatic carbocycles. The van der Waals surface area contributed by atoms with Crippen LogP contribution in [0.1, 0.15) is 23.0 Å². The van der Waals surface area contributed by atoms with Gasteiger partial charge in [0, 0.05) is 16.6 Å². The van der Waals surface area contributed by atoms with Crippen LogP contribution in [0, 0.1) is 0 Å². The monoisotopic (exact) mass is 411 g/mol. The number of ether oxygens (including phenoxy) is 2. The van der Waals surface area contributed by atoms with Gasteiger partial charge in [-0.1, -0.05) is 12.1 Å². The smallest absolute Gasteiger partial charge is 0.258 e. The molecule has 7 nitrogen and oxygen atoms in total. The van der Waals surface area contributed by atoms with Crippen molar-refractivity contribution in [2.24, 2.45) is 0 Å². The minimum Gasteiger partial charge on any atom is -0.493 e. The molecule has 8 heteroatoms. The van der Waals surface area contributed by atoms with Crippen molar-refractivity contribution in [3.05, 3.63) is 65.2 Å². The average Bonchev–Trinajstić information content (AvgIpc) is 3.18. The van der Waals surface area contributed by atoms with E-state index in [2.05, 4.69) is 15.6 Å². The van der Waals surface area contributed by atoms with E-state index in [9.17, 15) is 9.59 Å². The maximum atomic E-state index is 12.0. The highest BCUT2D eigenvalue weighted by Crippen LogP contribution is 2.25. The van der Waals surface area contributed by atoms with Crippen LogP contribution in [-0.4, -0.2) is 30.4 Å². The van der Waals surface area contributed by atoms with Gasteiger partial charge in [0.1, 0.15) is 0 Å². The number of hydrogen-bond acceptors (Lipinski definition) is 7. The van der Waals surface area contributed by atoms with Gasteiger partial charge in [0.15, 0.2) is 29.0 Å². The molecule has 2 N–H and O–H groups in total. The summed E-state index contributed by atoms with van der Waals surface area (Å²) in [6.07, 6.45) is 0. The zero-order valence-electron chi connectivity index (χ0n) is 16.1. The van der Waals surface area contributed by atoms with E-state index >= 15 is 0 Å². The molecule has 0 spiro atoms.